The van der Waals surface area contributed by atoms with Gasteiger partial charge in [0.25, 0.3) is 0 Å². The molecule has 0 radical (unpaired) electrons. The summed E-state index contributed by atoms with van der Waals surface area (Å²) in [6.45, 7) is 4.79. The molecule has 3 heteroatoms. The van der Waals surface area contributed by atoms with Gasteiger partial charge in [-0.3, -0.25) is 0 Å². The minimum atomic E-state index is -1.56. The van der Waals surface area contributed by atoms with E-state index in [1.165, 1.54) is 10.8 Å². The Bertz CT molecular complexity index is 582. The highest BCUT2D eigenvalue weighted by atomic mass is 79.9. The fourth-order valence-corrected chi connectivity index (χ4v) is 5.95. The molecule has 3 rings (SSSR count). The van der Waals surface area contributed by atoms with Crippen LogP contribution in [0, 0.1) is 0 Å². The Morgan fingerprint density at radius 3 is 2.26 bits per heavy atom. The molecule has 1 aliphatic heterocycles. The summed E-state index contributed by atoms with van der Waals surface area (Å²) in [6.07, 6.45) is 0.262. The van der Waals surface area contributed by atoms with Crippen molar-refractivity contribution in [1.29, 1.82) is 0 Å². The predicted octanol–water partition coefficient (Wildman–Crippen LogP) is 4.04. The van der Waals surface area contributed by atoms with Crippen LogP contribution in [0.1, 0.15) is 11.7 Å². The van der Waals surface area contributed by atoms with E-state index in [1.807, 2.05) is 6.07 Å². The van der Waals surface area contributed by atoms with Crippen LogP contribution in [0.3, 0.4) is 0 Å². The van der Waals surface area contributed by atoms with E-state index in [9.17, 15) is 0 Å². The maximum Gasteiger partial charge on any atom is 0.117 e. The van der Waals surface area contributed by atoms with Crippen molar-refractivity contribution in [3.05, 3.63) is 64.6 Å². The van der Waals surface area contributed by atoms with Crippen LogP contribution in [0.5, 0.6) is 0 Å². The monoisotopic (exact) mass is 332 g/mol. The van der Waals surface area contributed by atoms with E-state index in [1.54, 1.807) is 0 Å². The predicted molar refractivity (Wildman–Crippen MR) is 85.3 cm³/mol. The molecule has 0 saturated carbocycles. The van der Waals surface area contributed by atoms with Gasteiger partial charge in [0, 0.05) is 4.47 Å². The maximum atomic E-state index is 6.03. The number of ether oxygens (including phenoxy) is 1. The molecule has 1 saturated heterocycles. The molecule has 0 unspecified atom stereocenters. The fraction of sp³-hybridized carbons (Fsp3) is 0.250. The van der Waals surface area contributed by atoms with E-state index in [4.69, 9.17) is 4.74 Å². The molecule has 0 spiro atoms. The van der Waals surface area contributed by atoms with Gasteiger partial charge in [-0.25, -0.2) is 0 Å². The van der Waals surface area contributed by atoms with Crippen molar-refractivity contribution in [3.8, 4) is 0 Å². The molecule has 0 amide bonds. The van der Waals surface area contributed by atoms with Gasteiger partial charge in [-0.2, -0.15) is 0 Å². The van der Waals surface area contributed by atoms with Crippen molar-refractivity contribution in [1.82, 2.24) is 0 Å². The lowest BCUT2D eigenvalue weighted by Crippen LogP contribution is -2.47. The molecule has 2 aromatic rings. The molecule has 98 valence electrons. The Labute approximate surface area is 123 Å². The van der Waals surface area contributed by atoms with Crippen LogP contribution in [-0.4, -0.2) is 13.8 Å². The quantitative estimate of drug-likeness (QED) is 0.610. The zero-order chi connectivity index (χ0) is 13.5. The summed E-state index contributed by atoms with van der Waals surface area (Å²) in [5.41, 5.74) is 1.66. The molecule has 1 fully saturated rings. The lowest BCUT2D eigenvalue weighted by atomic mass is 10.2. The first-order chi connectivity index (χ1) is 9.10. The SMILES string of the molecule is C[Si](C)(c1ccccc1)[C@H]1O[C@H]1c1ccccc1Br. The summed E-state index contributed by atoms with van der Waals surface area (Å²) in [4.78, 5) is 0. The summed E-state index contributed by atoms with van der Waals surface area (Å²) < 4.78 is 7.19. The highest BCUT2D eigenvalue weighted by molar-refractivity contribution is 9.10. The highest BCUT2D eigenvalue weighted by Crippen LogP contribution is 2.46. The standard InChI is InChI=1S/C16H17BrOSi/c1-19(2,12-8-4-3-5-9-12)16-15(18-16)13-10-6-7-11-14(13)17/h3-11,15-16H,1-2H3/t15-,16+/m0/s1. The third-order valence-electron chi connectivity index (χ3n) is 3.93. The molecule has 1 aliphatic rings. The second kappa shape index (κ2) is 4.89. The van der Waals surface area contributed by atoms with Crippen molar-refractivity contribution in [2.24, 2.45) is 0 Å². The summed E-state index contributed by atoms with van der Waals surface area (Å²) in [5.74, 6) is 0. The van der Waals surface area contributed by atoms with E-state index in [0.717, 1.165) is 4.47 Å². The van der Waals surface area contributed by atoms with Gasteiger partial charge in [-0.05, 0) is 11.6 Å². The van der Waals surface area contributed by atoms with Gasteiger partial charge in [0.05, 0.1) is 5.73 Å². The smallest absolute Gasteiger partial charge is 0.117 e. The molecule has 1 heterocycles. The first-order valence-corrected chi connectivity index (χ1v) is 10.4. The minimum Gasteiger partial charge on any atom is -0.368 e. The van der Waals surface area contributed by atoms with Crippen LogP contribution in [0.4, 0.5) is 0 Å². The molecule has 2 aromatic carbocycles. The van der Waals surface area contributed by atoms with Gasteiger partial charge in [0.15, 0.2) is 0 Å². The Morgan fingerprint density at radius 1 is 0.947 bits per heavy atom. The van der Waals surface area contributed by atoms with E-state index in [0.29, 0.717) is 5.73 Å². The number of halogens is 1. The first kappa shape index (κ1) is 13.1. The molecule has 0 bridgehead atoms. The Kier molecular flexibility index (Phi) is 3.37. The van der Waals surface area contributed by atoms with E-state index < -0.39 is 8.07 Å². The average Bonchev–Trinajstić information content (AvgIpc) is 3.21. The van der Waals surface area contributed by atoms with Crippen LogP contribution in [0.15, 0.2) is 59.1 Å². The number of epoxide rings is 1. The topological polar surface area (TPSA) is 12.5 Å². The molecule has 0 aliphatic carbocycles. The first-order valence-electron chi connectivity index (χ1n) is 6.56. The lowest BCUT2D eigenvalue weighted by Gasteiger charge is -2.20. The van der Waals surface area contributed by atoms with Gasteiger partial charge in [0.1, 0.15) is 14.2 Å². The van der Waals surface area contributed by atoms with E-state index >= 15 is 0 Å². The number of rotatable bonds is 3. The van der Waals surface area contributed by atoms with Crippen LogP contribution in [-0.2, 0) is 4.74 Å². The average molecular weight is 333 g/mol. The Balaban J connectivity index is 1.85. The van der Waals surface area contributed by atoms with Gasteiger partial charge in [-0.1, -0.05) is 82.7 Å². The summed E-state index contributed by atoms with van der Waals surface area (Å²) in [7, 11) is -1.56. The molecular formula is C16H17BrOSi. The second-order valence-electron chi connectivity index (χ2n) is 5.59. The number of benzene rings is 2. The molecule has 2 atom stereocenters. The van der Waals surface area contributed by atoms with Crippen molar-refractivity contribution in [3.63, 3.8) is 0 Å². The van der Waals surface area contributed by atoms with Crippen molar-refractivity contribution >= 4 is 29.2 Å². The van der Waals surface area contributed by atoms with Crippen molar-refractivity contribution < 1.29 is 4.74 Å². The summed E-state index contributed by atoms with van der Waals surface area (Å²) in [5, 5.41) is 1.47. The fourth-order valence-electron chi connectivity index (χ4n) is 2.64. The summed E-state index contributed by atoms with van der Waals surface area (Å²) in [6, 6.07) is 19.2. The molecule has 19 heavy (non-hydrogen) atoms. The Morgan fingerprint density at radius 2 is 1.58 bits per heavy atom. The minimum absolute atomic E-state index is 0.262. The Hall–Kier alpha value is -0.903. The molecule has 0 aromatic heterocycles. The third-order valence-corrected chi connectivity index (χ3v) is 8.34. The van der Waals surface area contributed by atoms with Gasteiger partial charge in [-0.15, -0.1) is 0 Å². The third kappa shape index (κ3) is 2.42. The lowest BCUT2D eigenvalue weighted by molar-refractivity contribution is 0.400. The second-order valence-corrected chi connectivity index (χ2v) is 11.0. The van der Waals surface area contributed by atoms with Crippen LogP contribution in [0.25, 0.3) is 0 Å². The van der Waals surface area contributed by atoms with E-state index in [-0.39, 0.29) is 6.10 Å². The van der Waals surface area contributed by atoms with Crippen LogP contribution < -0.4 is 5.19 Å². The van der Waals surface area contributed by atoms with Gasteiger partial charge < -0.3 is 4.74 Å². The normalized spacial score (nSPS) is 22.3. The van der Waals surface area contributed by atoms with Crippen LogP contribution >= 0.6 is 15.9 Å². The highest BCUT2D eigenvalue weighted by Gasteiger charge is 2.52. The van der Waals surface area contributed by atoms with Gasteiger partial charge in [0.2, 0.25) is 0 Å². The maximum absolute atomic E-state index is 6.03. The zero-order valence-electron chi connectivity index (χ0n) is 11.1. The molecule has 1 nitrogen and oxygen atoms in total. The number of hydrogen-bond acceptors (Lipinski definition) is 1. The van der Waals surface area contributed by atoms with Crippen molar-refractivity contribution in [2.45, 2.75) is 24.9 Å². The zero-order valence-corrected chi connectivity index (χ0v) is 13.7. The molecular weight excluding hydrogens is 316 g/mol. The van der Waals surface area contributed by atoms with E-state index in [2.05, 4.69) is 77.6 Å². The largest absolute Gasteiger partial charge is 0.368 e. The molecule has 0 N–H and O–H groups in total. The number of hydrogen-bond donors (Lipinski definition) is 0. The van der Waals surface area contributed by atoms with Crippen molar-refractivity contribution in [2.75, 3.05) is 0 Å². The van der Waals surface area contributed by atoms with Crippen LogP contribution in [0.2, 0.25) is 13.1 Å². The summed E-state index contributed by atoms with van der Waals surface area (Å²) >= 11 is 3.62. The van der Waals surface area contributed by atoms with Gasteiger partial charge >= 0.3 is 0 Å².